The van der Waals surface area contributed by atoms with E-state index >= 15 is 0 Å². The van der Waals surface area contributed by atoms with Crippen LogP contribution in [0.15, 0.2) is 30.6 Å². The van der Waals surface area contributed by atoms with Gasteiger partial charge in [-0.25, -0.2) is 4.39 Å². The fourth-order valence-electron chi connectivity index (χ4n) is 1.83. The van der Waals surface area contributed by atoms with Gasteiger partial charge in [-0.15, -0.1) is 0 Å². The van der Waals surface area contributed by atoms with Gasteiger partial charge in [-0.05, 0) is 30.3 Å². The summed E-state index contributed by atoms with van der Waals surface area (Å²) in [4.78, 5) is 0. The summed E-state index contributed by atoms with van der Waals surface area (Å²) in [5.41, 5.74) is 1.16. The smallest absolute Gasteiger partial charge is 0.170 e. The number of hydrogen-bond acceptors (Lipinski definition) is 2. The van der Waals surface area contributed by atoms with E-state index in [1.54, 1.807) is 29.2 Å². The summed E-state index contributed by atoms with van der Waals surface area (Å²) < 4.78 is 15.4. The highest BCUT2D eigenvalue weighted by Gasteiger charge is 2.09. The predicted molar refractivity (Wildman–Crippen MR) is 91.8 cm³/mol. The molecule has 0 amide bonds. The van der Waals surface area contributed by atoms with E-state index in [1.807, 2.05) is 0 Å². The molecule has 0 fully saturated rings. The molecule has 0 saturated heterocycles. The first-order valence-electron chi connectivity index (χ1n) is 6.96. The molecule has 0 atom stereocenters. The summed E-state index contributed by atoms with van der Waals surface area (Å²) in [5, 5.41) is 11.3. The zero-order valence-corrected chi connectivity index (χ0v) is 14.0. The number of aromatic nitrogens is 2. The maximum absolute atomic E-state index is 13.8. The molecule has 0 bridgehead atoms. The summed E-state index contributed by atoms with van der Waals surface area (Å²) in [7, 11) is 0. The summed E-state index contributed by atoms with van der Waals surface area (Å²) >= 11 is 11.2. The molecule has 4 nitrogen and oxygen atoms in total. The van der Waals surface area contributed by atoms with Gasteiger partial charge in [-0.2, -0.15) is 5.10 Å². The third kappa shape index (κ3) is 4.68. The Labute approximate surface area is 139 Å². The van der Waals surface area contributed by atoms with Gasteiger partial charge in [-0.1, -0.05) is 31.5 Å². The number of anilines is 1. The molecule has 118 valence electrons. The lowest BCUT2D eigenvalue weighted by Gasteiger charge is -2.10. The van der Waals surface area contributed by atoms with Gasteiger partial charge in [-0.3, -0.25) is 4.68 Å². The minimum absolute atomic E-state index is 0.263. The van der Waals surface area contributed by atoms with Crippen molar-refractivity contribution in [3.05, 3.63) is 47.0 Å². The van der Waals surface area contributed by atoms with Gasteiger partial charge >= 0.3 is 0 Å². The largest absolute Gasteiger partial charge is 0.362 e. The molecule has 0 aliphatic carbocycles. The van der Waals surface area contributed by atoms with E-state index < -0.39 is 0 Å². The third-order valence-electron chi connectivity index (χ3n) is 2.94. The maximum Gasteiger partial charge on any atom is 0.170 e. The van der Waals surface area contributed by atoms with Crippen molar-refractivity contribution in [1.82, 2.24) is 15.1 Å². The molecule has 7 heteroatoms. The molecule has 1 heterocycles. The van der Waals surface area contributed by atoms with Crippen molar-refractivity contribution in [3.63, 3.8) is 0 Å². The third-order valence-corrected chi connectivity index (χ3v) is 3.54. The molecular formula is C15H18ClFN4S. The molecule has 0 radical (unpaired) electrons. The summed E-state index contributed by atoms with van der Waals surface area (Å²) in [6.07, 6.45) is 3.39. The maximum atomic E-state index is 13.8. The lowest BCUT2D eigenvalue weighted by molar-refractivity contribution is 0.585. The predicted octanol–water partition coefficient (Wildman–Crippen LogP) is 3.67. The Bertz CT molecular complexity index is 636. The Morgan fingerprint density at radius 3 is 2.91 bits per heavy atom. The van der Waals surface area contributed by atoms with E-state index in [1.165, 1.54) is 6.07 Å². The molecule has 22 heavy (non-hydrogen) atoms. The molecule has 2 rings (SSSR count). The van der Waals surface area contributed by atoms with Crippen LogP contribution in [-0.2, 0) is 6.54 Å². The van der Waals surface area contributed by atoms with Crippen LogP contribution in [0, 0.1) is 11.7 Å². The number of rotatable bonds is 5. The fraction of sp³-hybridized carbons (Fsp3) is 0.333. The fourth-order valence-corrected chi connectivity index (χ4v) is 2.26. The highest BCUT2D eigenvalue weighted by Crippen LogP contribution is 2.20. The Morgan fingerprint density at radius 1 is 1.45 bits per heavy atom. The highest BCUT2D eigenvalue weighted by molar-refractivity contribution is 7.80. The number of hydrogen-bond donors (Lipinski definition) is 2. The van der Waals surface area contributed by atoms with Crippen molar-refractivity contribution in [2.45, 2.75) is 20.4 Å². The van der Waals surface area contributed by atoms with Crippen LogP contribution in [0.1, 0.15) is 19.4 Å². The van der Waals surface area contributed by atoms with Gasteiger partial charge in [0.1, 0.15) is 5.82 Å². The zero-order chi connectivity index (χ0) is 16.1. The second kappa shape index (κ2) is 7.56. The average Bonchev–Trinajstić information content (AvgIpc) is 2.88. The van der Waals surface area contributed by atoms with E-state index in [0.717, 1.165) is 12.2 Å². The monoisotopic (exact) mass is 340 g/mol. The van der Waals surface area contributed by atoms with Crippen LogP contribution in [0.25, 0.3) is 0 Å². The first-order valence-corrected chi connectivity index (χ1v) is 7.74. The van der Waals surface area contributed by atoms with Crippen molar-refractivity contribution in [2.75, 3.05) is 11.9 Å². The van der Waals surface area contributed by atoms with E-state index in [2.05, 4.69) is 29.6 Å². The van der Waals surface area contributed by atoms with Crippen molar-refractivity contribution in [2.24, 2.45) is 5.92 Å². The number of benzene rings is 1. The van der Waals surface area contributed by atoms with Crippen LogP contribution in [0.3, 0.4) is 0 Å². The van der Waals surface area contributed by atoms with Gasteiger partial charge in [0.25, 0.3) is 0 Å². The van der Waals surface area contributed by atoms with Gasteiger partial charge in [0.15, 0.2) is 5.11 Å². The first kappa shape index (κ1) is 16.7. The van der Waals surface area contributed by atoms with E-state index in [4.69, 9.17) is 23.8 Å². The van der Waals surface area contributed by atoms with E-state index in [9.17, 15) is 4.39 Å². The number of thiocarbonyl (C=S) groups is 1. The Morgan fingerprint density at radius 2 is 2.23 bits per heavy atom. The van der Waals surface area contributed by atoms with Gasteiger partial charge in [0.2, 0.25) is 0 Å². The van der Waals surface area contributed by atoms with Crippen LogP contribution in [0.2, 0.25) is 5.02 Å². The molecule has 1 aromatic carbocycles. The second-order valence-corrected chi connectivity index (χ2v) is 6.17. The Kier molecular flexibility index (Phi) is 5.74. The minimum atomic E-state index is -0.341. The standard InChI is InChI=1S/C15H18ClFN4S/c1-10(2)6-18-15(22)20-11-7-19-21(8-11)9-12-13(16)4-3-5-14(12)17/h3-5,7-8,10H,6,9H2,1-2H3,(H2,18,20,22). The van der Waals surface area contributed by atoms with Crippen LogP contribution in [-0.4, -0.2) is 21.4 Å². The molecule has 0 spiro atoms. The topological polar surface area (TPSA) is 41.9 Å². The Hall–Kier alpha value is -1.66. The second-order valence-electron chi connectivity index (χ2n) is 5.36. The first-order chi connectivity index (χ1) is 10.5. The van der Waals surface area contributed by atoms with E-state index in [-0.39, 0.29) is 12.4 Å². The summed E-state index contributed by atoms with van der Waals surface area (Å²) in [5.74, 6) is 0.164. The van der Waals surface area contributed by atoms with Crippen molar-refractivity contribution < 1.29 is 4.39 Å². The van der Waals surface area contributed by atoms with Crippen LogP contribution >= 0.6 is 23.8 Å². The SMILES string of the molecule is CC(C)CNC(=S)Nc1cnn(Cc2c(F)cccc2Cl)c1. The number of nitrogens with zero attached hydrogens (tertiary/aromatic N) is 2. The lowest BCUT2D eigenvalue weighted by Crippen LogP contribution is -2.31. The molecule has 0 saturated carbocycles. The summed E-state index contributed by atoms with van der Waals surface area (Å²) in [6.45, 7) is 5.27. The molecule has 0 aliphatic heterocycles. The van der Waals surface area contributed by atoms with Crippen molar-refractivity contribution in [3.8, 4) is 0 Å². The van der Waals surface area contributed by atoms with Crippen molar-refractivity contribution >= 4 is 34.6 Å². The minimum Gasteiger partial charge on any atom is -0.362 e. The van der Waals surface area contributed by atoms with Gasteiger partial charge in [0.05, 0.1) is 18.4 Å². The Balaban J connectivity index is 1.98. The zero-order valence-electron chi connectivity index (χ0n) is 12.4. The van der Waals surface area contributed by atoms with E-state index in [0.29, 0.717) is 21.6 Å². The lowest BCUT2D eigenvalue weighted by atomic mass is 10.2. The van der Waals surface area contributed by atoms with Crippen molar-refractivity contribution in [1.29, 1.82) is 0 Å². The molecule has 1 aromatic heterocycles. The molecule has 2 N–H and O–H groups in total. The number of halogens is 2. The number of nitrogens with one attached hydrogen (secondary N) is 2. The quantitative estimate of drug-likeness (QED) is 0.815. The highest BCUT2D eigenvalue weighted by atomic mass is 35.5. The van der Waals surface area contributed by atoms with Gasteiger partial charge in [0, 0.05) is 23.3 Å². The van der Waals surface area contributed by atoms with Crippen LogP contribution in [0.4, 0.5) is 10.1 Å². The van der Waals surface area contributed by atoms with Crippen LogP contribution in [0.5, 0.6) is 0 Å². The summed E-state index contributed by atoms with van der Waals surface area (Å²) in [6, 6.07) is 4.62. The normalized spacial score (nSPS) is 10.8. The molecular weight excluding hydrogens is 323 g/mol. The molecule has 0 aliphatic rings. The van der Waals surface area contributed by atoms with Gasteiger partial charge < -0.3 is 10.6 Å². The molecule has 0 unspecified atom stereocenters. The average molecular weight is 341 g/mol. The van der Waals surface area contributed by atoms with Crippen LogP contribution < -0.4 is 10.6 Å². The molecule has 2 aromatic rings.